The monoisotopic (exact) mass is 488 g/mol. The average Bonchev–Trinajstić information content (AvgIpc) is 2.87. The third kappa shape index (κ3) is 10.4. The summed E-state index contributed by atoms with van der Waals surface area (Å²) in [5.41, 5.74) is 1.39. The van der Waals surface area contributed by atoms with Crippen LogP contribution in [0.5, 0.6) is 11.5 Å². The summed E-state index contributed by atoms with van der Waals surface area (Å²) in [6.45, 7) is 1.80. The molecule has 0 spiro atoms. The van der Waals surface area contributed by atoms with Crippen molar-refractivity contribution < 1.29 is 47.6 Å². The van der Waals surface area contributed by atoms with E-state index in [1.165, 1.54) is 28.4 Å². The Labute approximate surface area is 203 Å². The standard InChI is InChI=1S/C25H28O10/c1-6-17(7-9-19(30-2)16-34-24(28)13-11-22(26)32-4)18-8-10-20(31-3)21(15-18)35-25(29)14-12-23(27)33-5/h6-10,12,14-16H,11,13H2,1-5H3/b9-7-,14-12-,17-6+,19-16-. The van der Waals surface area contributed by atoms with Gasteiger partial charge < -0.3 is 28.4 Å². The first-order chi connectivity index (χ1) is 16.8. The molecule has 0 saturated heterocycles. The number of hydrogen-bond acceptors (Lipinski definition) is 10. The number of allylic oxidation sites excluding steroid dienone is 4. The van der Waals surface area contributed by atoms with Crippen LogP contribution in [0.25, 0.3) is 5.57 Å². The van der Waals surface area contributed by atoms with Crippen molar-refractivity contribution in [2.24, 2.45) is 0 Å². The van der Waals surface area contributed by atoms with Gasteiger partial charge in [-0.2, -0.15) is 0 Å². The summed E-state index contributed by atoms with van der Waals surface area (Å²) >= 11 is 0. The second kappa shape index (κ2) is 15.5. The van der Waals surface area contributed by atoms with E-state index in [4.69, 9.17) is 18.9 Å². The Morgan fingerprint density at radius 1 is 0.771 bits per heavy atom. The second-order valence-electron chi connectivity index (χ2n) is 6.51. The van der Waals surface area contributed by atoms with Gasteiger partial charge in [-0.1, -0.05) is 18.2 Å². The van der Waals surface area contributed by atoms with E-state index < -0.39 is 23.9 Å². The van der Waals surface area contributed by atoms with Gasteiger partial charge in [0.25, 0.3) is 0 Å². The summed E-state index contributed by atoms with van der Waals surface area (Å²) in [5, 5.41) is 0. The van der Waals surface area contributed by atoms with Gasteiger partial charge in [0.1, 0.15) is 6.26 Å². The summed E-state index contributed by atoms with van der Waals surface area (Å²) in [6, 6.07) is 4.96. The van der Waals surface area contributed by atoms with Crippen molar-refractivity contribution in [2.45, 2.75) is 19.8 Å². The van der Waals surface area contributed by atoms with Gasteiger partial charge in [0.15, 0.2) is 17.3 Å². The van der Waals surface area contributed by atoms with E-state index in [2.05, 4.69) is 9.47 Å². The SMILES string of the molecule is C\C=C(/C=C\C(=C\OC(=O)CCC(=O)OC)OC)c1ccc(OC)c(OC(=O)/C=C\C(=O)OC)c1. The number of ether oxygens (including phenoxy) is 6. The van der Waals surface area contributed by atoms with Crippen LogP contribution in [0.4, 0.5) is 0 Å². The fourth-order valence-corrected chi connectivity index (χ4v) is 2.46. The summed E-state index contributed by atoms with van der Waals surface area (Å²) in [5.74, 6) is -1.93. The van der Waals surface area contributed by atoms with Gasteiger partial charge in [-0.3, -0.25) is 9.59 Å². The molecule has 0 aromatic heterocycles. The van der Waals surface area contributed by atoms with Crippen molar-refractivity contribution in [1.82, 2.24) is 0 Å². The van der Waals surface area contributed by atoms with Crippen molar-refractivity contribution in [3.63, 3.8) is 0 Å². The molecule has 0 radical (unpaired) electrons. The van der Waals surface area contributed by atoms with Gasteiger partial charge in [0.2, 0.25) is 0 Å². The normalized spacial score (nSPS) is 11.8. The molecule has 0 aliphatic rings. The molecule has 10 heteroatoms. The van der Waals surface area contributed by atoms with Crippen molar-refractivity contribution in [3.8, 4) is 11.5 Å². The highest BCUT2D eigenvalue weighted by molar-refractivity contribution is 5.92. The topological polar surface area (TPSA) is 124 Å². The van der Waals surface area contributed by atoms with Gasteiger partial charge in [-0.05, 0) is 36.3 Å². The molecule has 0 aliphatic carbocycles. The minimum Gasteiger partial charge on any atom is -0.494 e. The number of hydrogen-bond donors (Lipinski definition) is 0. The zero-order valence-corrected chi connectivity index (χ0v) is 20.2. The van der Waals surface area contributed by atoms with E-state index in [1.54, 1.807) is 43.4 Å². The maximum atomic E-state index is 12.0. The predicted octanol–water partition coefficient (Wildman–Crippen LogP) is 3.27. The smallest absolute Gasteiger partial charge is 0.336 e. The summed E-state index contributed by atoms with van der Waals surface area (Å²) in [7, 11) is 5.25. The van der Waals surface area contributed by atoms with Crippen LogP contribution in [-0.4, -0.2) is 52.3 Å². The number of benzene rings is 1. The van der Waals surface area contributed by atoms with Crippen molar-refractivity contribution in [1.29, 1.82) is 0 Å². The number of rotatable bonds is 12. The summed E-state index contributed by atoms with van der Waals surface area (Å²) in [4.78, 5) is 46.0. The molecule has 0 saturated carbocycles. The fourth-order valence-electron chi connectivity index (χ4n) is 2.46. The molecule has 0 aliphatic heterocycles. The molecule has 0 heterocycles. The highest BCUT2D eigenvalue weighted by Crippen LogP contribution is 2.31. The first-order valence-electron chi connectivity index (χ1n) is 10.3. The Bertz CT molecular complexity index is 1030. The maximum absolute atomic E-state index is 12.0. The van der Waals surface area contributed by atoms with E-state index in [1.807, 2.05) is 0 Å². The molecule has 0 amide bonds. The molecule has 1 rings (SSSR count). The molecule has 0 unspecified atom stereocenters. The van der Waals surface area contributed by atoms with Gasteiger partial charge in [-0.25, -0.2) is 9.59 Å². The molecule has 1 aromatic carbocycles. The van der Waals surface area contributed by atoms with Crippen LogP contribution < -0.4 is 9.47 Å². The van der Waals surface area contributed by atoms with Gasteiger partial charge in [0, 0.05) is 12.2 Å². The van der Waals surface area contributed by atoms with Crippen molar-refractivity contribution in [3.05, 3.63) is 66.2 Å². The minimum atomic E-state index is -0.790. The first-order valence-corrected chi connectivity index (χ1v) is 10.3. The van der Waals surface area contributed by atoms with Crippen LogP contribution in [0.3, 0.4) is 0 Å². The van der Waals surface area contributed by atoms with Crippen LogP contribution in [0, 0.1) is 0 Å². The maximum Gasteiger partial charge on any atom is 0.336 e. The molecule has 10 nitrogen and oxygen atoms in total. The van der Waals surface area contributed by atoms with E-state index in [-0.39, 0.29) is 24.4 Å². The van der Waals surface area contributed by atoms with Crippen LogP contribution in [0.1, 0.15) is 25.3 Å². The number of methoxy groups -OCH3 is 4. The summed E-state index contributed by atoms with van der Waals surface area (Å²) < 4.78 is 29.6. The molecule has 35 heavy (non-hydrogen) atoms. The summed E-state index contributed by atoms with van der Waals surface area (Å²) in [6.07, 6.45) is 7.85. The van der Waals surface area contributed by atoms with Gasteiger partial charge >= 0.3 is 23.9 Å². The van der Waals surface area contributed by atoms with Crippen LogP contribution >= 0.6 is 0 Å². The van der Waals surface area contributed by atoms with E-state index >= 15 is 0 Å². The molecule has 0 atom stereocenters. The quantitative estimate of drug-likeness (QED) is 0.108. The Morgan fingerprint density at radius 3 is 2.06 bits per heavy atom. The fraction of sp³-hybridized carbons (Fsp3) is 0.280. The molecule has 1 aromatic rings. The van der Waals surface area contributed by atoms with Gasteiger partial charge in [-0.15, -0.1) is 0 Å². The van der Waals surface area contributed by atoms with E-state index in [0.29, 0.717) is 11.3 Å². The number of carbonyl (C=O) groups excluding carboxylic acids is 4. The Morgan fingerprint density at radius 2 is 1.46 bits per heavy atom. The Kier molecular flexibility index (Phi) is 12.7. The minimum absolute atomic E-state index is 0.0904. The highest BCUT2D eigenvalue weighted by Gasteiger charge is 2.12. The van der Waals surface area contributed by atoms with Crippen LogP contribution in [-0.2, 0) is 38.1 Å². The Hall–Kier alpha value is -4.34. The van der Waals surface area contributed by atoms with E-state index in [0.717, 1.165) is 24.0 Å². The molecular weight excluding hydrogens is 460 g/mol. The molecule has 188 valence electrons. The third-order valence-electron chi connectivity index (χ3n) is 4.31. The highest BCUT2D eigenvalue weighted by atomic mass is 16.6. The predicted molar refractivity (Wildman–Crippen MR) is 125 cm³/mol. The Balaban J connectivity index is 3.00. The number of esters is 4. The number of carbonyl (C=O) groups is 4. The van der Waals surface area contributed by atoms with Crippen molar-refractivity contribution >= 4 is 29.5 Å². The molecule has 0 bridgehead atoms. The van der Waals surface area contributed by atoms with Gasteiger partial charge in [0.05, 0.1) is 41.3 Å². The lowest BCUT2D eigenvalue weighted by molar-refractivity contribution is -0.146. The van der Waals surface area contributed by atoms with E-state index in [9.17, 15) is 19.2 Å². The van der Waals surface area contributed by atoms with Crippen LogP contribution in [0.2, 0.25) is 0 Å². The lowest BCUT2D eigenvalue weighted by atomic mass is 10.0. The molecule has 0 fully saturated rings. The van der Waals surface area contributed by atoms with Crippen LogP contribution in [0.15, 0.2) is 60.6 Å². The largest absolute Gasteiger partial charge is 0.494 e. The zero-order valence-electron chi connectivity index (χ0n) is 20.2. The zero-order chi connectivity index (χ0) is 26.2. The molecule has 0 N–H and O–H groups in total. The second-order valence-corrected chi connectivity index (χ2v) is 6.51. The molecular formula is C25H28O10. The third-order valence-corrected chi connectivity index (χ3v) is 4.31. The lowest BCUT2D eigenvalue weighted by Gasteiger charge is -2.11. The first kappa shape index (κ1) is 28.7. The lowest BCUT2D eigenvalue weighted by Crippen LogP contribution is -2.07. The average molecular weight is 488 g/mol. The van der Waals surface area contributed by atoms with Crippen molar-refractivity contribution in [2.75, 3.05) is 28.4 Å².